The summed E-state index contributed by atoms with van der Waals surface area (Å²) >= 11 is 5.75. The smallest absolute Gasteiger partial charge is 0.129 e. The third-order valence-corrected chi connectivity index (χ3v) is 2.84. The van der Waals surface area contributed by atoms with Crippen molar-refractivity contribution in [2.24, 2.45) is 0 Å². The molecule has 0 unspecified atom stereocenters. The summed E-state index contributed by atoms with van der Waals surface area (Å²) in [5.74, 6) is -0.334. The lowest BCUT2D eigenvalue weighted by Crippen LogP contribution is -2.23. The molecular weight excluding hydrogens is 205 g/mol. The maximum Gasteiger partial charge on any atom is 0.129 e. The Morgan fingerprint density at radius 2 is 2.29 bits per heavy atom. The lowest BCUT2D eigenvalue weighted by molar-refractivity contribution is 0.116. The Kier molecular flexibility index (Phi) is 2.72. The van der Waals surface area contributed by atoms with E-state index >= 15 is 0 Å². The number of halogens is 2. The number of aryl methyl sites for hydroxylation is 1. The molecular formula is C10H11ClFNO. The van der Waals surface area contributed by atoms with E-state index in [2.05, 4.69) is 5.48 Å². The molecule has 1 aromatic carbocycles. The van der Waals surface area contributed by atoms with Crippen molar-refractivity contribution in [2.45, 2.75) is 25.3 Å². The Bertz CT molecular complexity index is 356. The number of hydroxylamine groups is 1. The van der Waals surface area contributed by atoms with Crippen LogP contribution in [-0.2, 0) is 6.42 Å². The quantitative estimate of drug-likeness (QED) is 0.706. The van der Waals surface area contributed by atoms with Gasteiger partial charge in [0.15, 0.2) is 0 Å². The van der Waals surface area contributed by atoms with Gasteiger partial charge in [-0.1, -0.05) is 11.6 Å². The Morgan fingerprint density at radius 1 is 1.50 bits per heavy atom. The largest absolute Gasteiger partial charge is 0.316 e. The van der Waals surface area contributed by atoms with Crippen LogP contribution in [0.5, 0.6) is 0 Å². The molecule has 4 heteroatoms. The average Bonchev–Trinajstić information content (AvgIpc) is 2.16. The molecule has 1 aliphatic carbocycles. The zero-order chi connectivity index (χ0) is 10.1. The molecule has 0 bridgehead atoms. The van der Waals surface area contributed by atoms with Crippen LogP contribution in [0.4, 0.5) is 4.39 Å². The van der Waals surface area contributed by atoms with Crippen molar-refractivity contribution < 1.29 is 9.60 Å². The van der Waals surface area contributed by atoms with Crippen molar-refractivity contribution in [1.82, 2.24) is 5.48 Å². The van der Waals surface area contributed by atoms with Gasteiger partial charge >= 0.3 is 0 Å². The zero-order valence-electron chi connectivity index (χ0n) is 7.56. The zero-order valence-corrected chi connectivity index (χ0v) is 8.31. The van der Waals surface area contributed by atoms with Gasteiger partial charge in [-0.2, -0.15) is 5.48 Å². The standard InChI is InChI=1S/C10H11ClFNO/c11-7-4-6-2-1-3-9(13-14)10(6)8(12)5-7/h4-5,9,13-14H,1-3H2/t9-/m1/s1. The van der Waals surface area contributed by atoms with Crippen molar-refractivity contribution >= 4 is 11.6 Å². The first-order valence-corrected chi connectivity index (χ1v) is 4.97. The van der Waals surface area contributed by atoms with Crippen molar-refractivity contribution in [1.29, 1.82) is 0 Å². The average molecular weight is 216 g/mol. The first-order valence-electron chi connectivity index (χ1n) is 4.60. The number of hydrogen-bond donors (Lipinski definition) is 2. The first kappa shape index (κ1) is 9.90. The molecule has 0 radical (unpaired) electrons. The van der Waals surface area contributed by atoms with Crippen molar-refractivity contribution in [2.75, 3.05) is 0 Å². The molecule has 2 rings (SSSR count). The third-order valence-electron chi connectivity index (χ3n) is 2.62. The fraction of sp³-hybridized carbons (Fsp3) is 0.400. The van der Waals surface area contributed by atoms with Crippen LogP contribution >= 0.6 is 11.6 Å². The van der Waals surface area contributed by atoms with Gasteiger partial charge in [-0.05, 0) is 37.0 Å². The fourth-order valence-corrected chi connectivity index (χ4v) is 2.23. The summed E-state index contributed by atoms with van der Waals surface area (Å²) in [5.41, 5.74) is 3.59. The van der Waals surface area contributed by atoms with Crippen LogP contribution in [0.2, 0.25) is 5.02 Å². The molecule has 0 aliphatic heterocycles. The molecule has 14 heavy (non-hydrogen) atoms. The fourth-order valence-electron chi connectivity index (χ4n) is 2.01. The molecule has 0 spiro atoms. The summed E-state index contributed by atoms with van der Waals surface area (Å²) in [6.45, 7) is 0. The molecule has 2 nitrogen and oxygen atoms in total. The van der Waals surface area contributed by atoms with Crippen molar-refractivity contribution in [3.63, 3.8) is 0 Å². The first-order chi connectivity index (χ1) is 6.72. The minimum atomic E-state index is -0.334. The highest BCUT2D eigenvalue weighted by Crippen LogP contribution is 2.33. The van der Waals surface area contributed by atoms with Gasteiger partial charge in [-0.25, -0.2) is 4.39 Å². The van der Waals surface area contributed by atoms with Gasteiger partial charge in [0, 0.05) is 10.6 Å². The van der Waals surface area contributed by atoms with Crippen LogP contribution in [0.3, 0.4) is 0 Å². The Hall–Kier alpha value is -0.640. The van der Waals surface area contributed by atoms with Gasteiger partial charge in [0.1, 0.15) is 5.82 Å². The Morgan fingerprint density at radius 3 is 3.00 bits per heavy atom. The molecule has 0 saturated carbocycles. The summed E-state index contributed by atoms with van der Waals surface area (Å²) in [4.78, 5) is 0. The van der Waals surface area contributed by atoms with E-state index in [4.69, 9.17) is 16.8 Å². The van der Waals surface area contributed by atoms with E-state index in [0.717, 1.165) is 24.8 Å². The van der Waals surface area contributed by atoms with Gasteiger partial charge in [-0.3, -0.25) is 0 Å². The van der Waals surface area contributed by atoms with Crippen LogP contribution in [-0.4, -0.2) is 5.21 Å². The van der Waals surface area contributed by atoms with E-state index in [1.807, 2.05) is 0 Å². The number of benzene rings is 1. The minimum Gasteiger partial charge on any atom is -0.316 e. The second-order valence-corrected chi connectivity index (χ2v) is 3.97. The maximum absolute atomic E-state index is 13.5. The molecule has 0 heterocycles. The number of fused-ring (bicyclic) bond motifs is 1. The molecule has 1 aliphatic rings. The van der Waals surface area contributed by atoms with Crippen LogP contribution in [0.15, 0.2) is 12.1 Å². The third kappa shape index (κ3) is 1.63. The molecule has 0 aromatic heterocycles. The van der Waals surface area contributed by atoms with E-state index in [0.29, 0.717) is 10.6 Å². The van der Waals surface area contributed by atoms with Crippen LogP contribution in [0.25, 0.3) is 0 Å². The predicted molar refractivity (Wildman–Crippen MR) is 52.0 cm³/mol. The molecule has 2 N–H and O–H groups in total. The van der Waals surface area contributed by atoms with Gasteiger partial charge in [0.2, 0.25) is 0 Å². The van der Waals surface area contributed by atoms with Gasteiger partial charge in [-0.15, -0.1) is 0 Å². The molecule has 0 saturated heterocycles. The topological polar surface area (TPSA) is 32.3 Å². The summed E-state index contributed by atoms with van der Waals surface area (Å²) in [6.07, 6.45) is 2.51. The van der Waals surface area contributed by atoms with Crippen LogP contribution in [0, 0.1) is 5.82 Å². The Balaban J connectivity index is 2.51. The van der Waals surface area contributed by atoms with Crippen LogP contribution in [0.1, 0.15) is 30.0 Å². The molecule has 0 amide bonds. The highest BCUT2D eigenvalue weighted by molar-refractivity contribution is 6.30. The summed E-state index contributed by atoms with van der Waals surface area (Å²) in [5, 5.41) is 9.30. The second-order valence-electron chi connectivity index (χ2n) is 3.53. The lowest BCUT2D eigenvalue weighted by atomic mass is 9.88. The van der Waals surface area contributed by atoms with Gasteiger partial charge in [0.25, 0.3) is 0 Å². The molecule has 1 atom stereocenters. The highest BCUT2D eigenvalue weighted by Gasteiger charge is 2.23. The van der Waals surface area contributed by atoms with E-state index < -0.39 is 0 Å². The monoisotopic (exact) mass is 215 g/mol. The summed E-state index contributed by atoms with van der Waals surface area (Å²) in [7, 11) is 0. The van der Waals surface area contributed by atoms with E-state index in [1.54, 1.807) is 6.07 Å². The summed E-state index contributed by atoms with van der Waals surface area (Å²) in [6, 6.07) is 2.76. The second kappa shape index (κ2) is 3.85. The van der Waals surface area contributed by atoms with Crippen molar-refractivity contribution in [3.05, 3.63) is 34.1 Å². The SMILES string of the molecule is ON[C@@H]1CCCc2cc(Cl)cc(F)c21. The number of hydrogen-bond acceptors (Lipinski definition) is 2. The lowest BCUT2D eigenvalue weighted by Gasteiger charge is -2.24. The number of rotatable bonds is 1. The number of nitrogens with one attached hydrogen (secondary N) is 1. The highest BCUT2D eigenvalue weighted by atomic mass is 35.5. The Labute approximate surface area is 86.7 Å². The van der Waals surface area contributed by atoms with E-state index in [1.165, 1.54) is 6.07 Å². The van der Waals surface area contributed by atoms with Crippen molar-refractivity contribution in [3.8, 4) is 0 Å². The minimum absolute atomic E-state index is 0.295. The van der Waals surface area contributed by atoms with Gasteiger partial charge < -0.3 is 5.21 Å². The predicted octanol–water partition coefficient (Wildman–Crippen LogP) is 2.84. The maximum atomic E-state index is 13.5. The van der Waals surface area contributed by atoms with Crippen LogP contribution < -0.4 is 5.48 Å². The van der Waals surface area contributed by atoms with Gasteiger partial charge in [0.05, 0.1) is 6.04 Å². The molecule has 0 fully saturated rings. The molecule has 76 valence electrons. The molecule has 1 aromatic rings. The summed E-state index contributed by atoms with van der Waals surface area (Å²) < 4.78 is 13.5. The van der Waals surface area contributed by atoms with E-state index in [-0.39, 0.29) is 11.9 Å². The normalized spacial score (nSPS) is 20.6. The van der Waals surface area contributed by atoms with E-state index in [9.17, 15) is 4.39 Å².